The molecule has 0 aliphatic rings. The van der Waals surface area contributed by atoms with Crippen LogP contribution in [-0.4, -0.2) is 50.3 Å². The summed E-state index contributed by atoms with van der Waals surface area (Å²) in [6, 6.07) is 0. The first kappa shape index (κ1) is 34.8. The Labute approximate surface area is 253 Å². The van der Waals surface area contributed by atoms with E-state index in [-0.39, 0.29) is 39.6 Å². The number of unbranched alkanes of at least 4 members (excludes halogenated alkanes) is 1. The Morgan fingerprint density at radius 2 is 1.28 bits per heavy atom. The van der Waals surface area contributed by atoms with Crippen molar-refractivity contribution in [2.24, 2.45) is 0 Å². The number of ether oxygens (including phenoxy) is 3. The molecule has 0 atom stereocenters. The molecule has 0 bridgehead atoms. The topological polar surface area (TPSA) is 80.2 Å². The first-order valence-corrected chi connectivity index (χ1v) is 13.4. The third-order valence-corrected chi connectivity index (χ3v) is 5.79. The van der Waals surface area contributed by atoms with E-state index in [0.29, 0.717) is 13.2 Å². The first-order valence-electron chi connectivity index (χ1n) is 13.4. The van der Waals surface area contributed by atoms with Crippen LogP contribution in [0.3, 0.4) is 0 Å². The Bertz CT molecular complexity index is 1030. The number of hydrogen-bond donors (Lipinski definition) is 0. The molecule has 0 aromatic carbocycles. The summed E-state index contributed by atoms with van der Waals surface area (Å²) in [7, 11) is 0. The van der Waals surface area contributed by atoms with Crippen LogP contribution in [0.2, 0.25) is 0 Å². The number of carbonyl (C=O) groups excluding carboxylic acids is 1. The van der Waals surface area contributed by atoms with E-state index in [1.54, 1.807) is 0 Å². The summed E-state index contributed by atoms with van der Waals surface area (Å²) in [6.45, 7) is 12.1. The maximum absolute atomic E-state index is 11.8. The highest BCUT2D eigenvalue weighted by Gasteiger charge is 2.11. The van der Waals surface area contributed by atoms with Crippen LogP contribution in [0, 0.1) is 0 Å². The summed E-state index contributed by atoms with van der Waals surface area (Å²) in [6.07, 6.45) is 22.1. The van der Waals surface area contributed by atoms with Crippen molar-refractivity contribution in [3.8, 4) is 0 Å². The van der Waals surface area contributed by atoms with E-state index in [1.165, 1.54) is 0 Å². The van der Waals surface area contributed by atoms with Gasteiger partial charge in [0.2, 0.25) is 12.7 Å². The van der Waals surface area contributed by atoms with E-state index in [1.807, 2.05) is 24.9 Å². The maximum atomic E-state index is 11.8. The Kier molecular flexibility index (Phi) is 17.0. The summed E-state index contributed by atoms with van der Waals surface area (Å²) in [5.74, 6) is 0. The molecule has 0 fully saturated rings. The molecule has 0 aliphatic heterocycles. The van der Waals surface area contributed by atoms with E-state index < -0.39 is 6.16 Å². The van der Waals surface area contributed by atoms with Gasteiger partial charge in [0, 0.05) is 38.2 Å². The number of carbonyl (C=O) groups is 1. The lowest BCUT2D eigenvalue weighted by Gasteiger charge is -2.18. The second kappa shape index (κ2) is 19.0. The number of rotatable bonds is 17. The van der Waals surface area contributed by atoms with Gasteiger partial charge in [0.25, 0.3) is 0 Å². The molecule has 0 N–H and O–H groups in total. The van der Waals surface area contributed by atoms with Gasteiger partial charge in [-0.1, -0.05) is 0 Å². The lowest BCUT2D eigenvalue weighted by atomic mass is 10.2. The molecule has 3 aromatic heterocycles. The third kappa shape index (κ3) is 15.3. The van der Waals surface area contributed by atoms with E-state index >= 15 is 0 Å². The van der Waals surface area contributed by atoms with Crippen LogP contribution in [0.1, 0.15) is 52.9 Å². The SMILES string of the molecule is CC(C)(C)OCCCn1cc[n+](CCCOC(=O)OCCC[n+]2ccn(CCCCn3ccnc3)c2)c1.[Br-].[Br-]. The van der Waals surface area contributed by atoms with E-state index in [9.17, 15) is 4.79 Å². The van der Waals surface area contributed by atoms with Gasteiger partial charge in [0.05, 0.1) is 57.9 Å². The summed E-state index contributed by atoms with van der Waals surface area (Å²) >= 11 is 0. The largest absolute Gasteiger partial charge is 1.00 e. The van der Waals surface area contributed by atoms with Gasteiger partial charge in [0.1, 0.15) is 24.8 Å². The lowest BCUT2D eigenvalue weighted by Crippen LogP contribution is -3.00. The molecule has 0 radical (unpaired) electrons. The van der Waals surface area contributed by atoms with Crippen LogP contribution >= 0.6 is 0 Å². The maximum Gasteiger partial charge on any atom is 0.508 e. The second-order valence-corrected chi connectivity index (χ2v) is 10.3. The zero-order valence-corrected chi connectivity index (χ0v) is 26.6. The van der Waals surface area contributed by atoms with Gasteiger partial charge in [-0.15, -0.1) is 0 Å². The van der Waals surface area contributed by atoms with Gasteiger partial charge >= 0.3 is 6.16 Å². The fourth-order valence-electron chi connectivity index (χ4n) is 3.89. The quantitative estimate of drug-likeness (QED) is 0.0891. The van der Waals surface area contributed by atoms with Gasteiger partial charge in [0.15, 0.2) is 0 Å². The van der Waals surface area contributed by atoms with Crippen LogP contribution in [0.4, 0.5) is 4.79 Å². The Morgan fingerprint density at radius 3 is 1.79 bits per heavy atom. The highest BCUT2D eigenvalue weighted by atomic mass is 79.9. The summed E-state index contributed by atoms with van der Waals surface area (Å²) in [5.41, 5.74) is -0.0919. The number of hydrogen-bond acceptors (Lipinski definition) is 5. The van der Waals surface area contributed by atoms with Crippen LogP contribution < -0.4 is 43.1 Å². The molecule has 10 nitrogen and oxygen atoms in total. The predicted molar refractivity (Wildman–Crippen MR) is 138 cm³/mol. The van der Waals surface area contributed by atoms with Crippen molar-refractivity contribution in [3.05, 3.63) is 56.2 Å². The highest BCUT2D eigenvalue weighted by Crippen LogP contribution is 2.07. The van der Waals surface area contributed by atoms with Crippen LogP contribution in [0.25, 0.3) is 0 Å². The van der Waals surface area contributed by atoms with Crippen molar-refractivity contribution in [1.29, 1.82) is 0 Å². The molecule has 12 heteroatoms. The summed E-state index contributed by atoms with van der Waals surface area (Å²) in [4.78, 5) is 15.9. The number of aromatic nitrogens is 6. The molecule has 0 saturated carbocycles. The molecule has 3 heterocycles. The Balaban J connectivity index is 0.00000380. The van der Waals surface area contributed by atoms with Crippen molar-refractivity contribution >= 4 is 6.16 Å². The van der Waals surface area contributed by atoms with Gasteiger partial charge < -0.3 is 52.7 Å². The molecule has 0 amide bonds. The zero-order chi connectivity index (χ0) is 26.3. The number of nitrogens with zero attached hydrogens (tertiary/aromatic N) is 6. The van der Waals surface area contributed by atoms with Gasteiger partial charge in [-0.05, 0) is 33.6 Å². The standard InChI is InChI=1S/C27H44N6O4.2BrH/c1-27(2,3)37-22-8-14-33-19-18-32(25-33)13-7-21-36-26(34)35-20-6-12-31-17-16-30(24-31)11-5-4-10-29-15-9-28-23-29;;/h9,15-19,23-25H,4-8,10-14,20-22H2,1-3H3;2*1H/q+2;;/p-2. The monoisotopic (exact) mass is 674 g/mol. The average Bonchev–Trinajstić information content (AvgIpc) is 3.62. The van der Waals surface area contributed by atoms with Crippen LogP contribution in [-0.2, 0) is 46.9 Å². The van der Waals surface area contributed by atoms with Crippen molar-refractivity contribution in [2.75, 3.05) is 19.8 Å². The Hall–Kier alpha value is -2.18. The molecular weight excluding hydrogens is 632 g/mol. The smallest absolute Gasteiger partial charge is 0.508 e. The molecular formula is C27H44Br2N6O4. The van der Waals surface area contributed by atoms with Crippen LogP contribution in [0.5, 0.6) is 0 Å². The number of aryl methyl sites for hydroxylation is 5. The fraction of sp³-hybridized carbons (Fsp3) is 0.630. The third-order valence-electron chi connectivity index (χ3n) is 5.79. The molecule has 0 aliphatic carbocycles. The molecule has 0 saturated heterocycles. The van der Waals surface area contributed by atoms with Crippen molar-refractivity contribution in [3.63, 3.8) is 0 Å². The van der Waals surface area contributed by atoms with Crippen molar-refractivity contribution < 1.29 is 62.1 Å². The predicted octanol–water partition coefficient (Wildman–Crippen LogP) is -2.61. The molecule has 220 valence electrons. The lowest BCUT2D eigenvalue weighted by molar-refractivity contribution is -0.697. The molecule has 0 unspecified atom stereocenters. The van der Waals surface area contributed by atoms with E-state index in [4.69, 9.17) is 14.2 Å². The number of halogens is 2. The fourth-order valence-corrected chi connectivity index (χ4v) is 3.89. The summed E-state index contributed by atoms with van der Waals surface area (Å²) < 4.78 is 26.8. The van der Waals surface area contributed by atoms with Gasteiger partial charge in [-0.3, -0.25) is 0 Å². The number of imidazole rings is 3. The summed E-state index contributed by atoms with van der Waals surface area (Å²) in [5, 5.41) is 0. The Morgan fingerprint density at radius 1 is 0.744 bits per heavy atom. The first-order chi connectivity index (χ1) is 17.9. The second-order valence-electron chi connectivity index (χ2n) is 10.3. The normalized spacial score (nSPS) is 11.1. The molecule has 3 aromatic rings. The molecule has 0 spiro atoms. The minimum absolute atomic E-state index is 0. The van der Waals surface area contributed by atoms with E-state index in [2.05, 4.69) is 79.8 Å². The van der Waals surface area contributed by atoms with Crippen LogP contribution in [0.15, 0.2) is 56.2 Å². The van der Waals surface area contributed by atoms with Crippen molar-refractivity contribution in [1.82, 2.24) is 18.7 Å². The molecule has 39 heavy (non-hydrogen) atoms. The minimum atomic E-state index is -0.595. The van der Waals surface area contributed by atoms with Gasteiger partial charge in [-0.25, -0.2) is 28.0 Å². The average molecular weight is 676 g/mol. The molecule has 3 rings (SSSR count). The van der Waals surface area contributed by atoms with Crippen molar-refractivity contribution in [2.45, 2.75) is 91.2 Å². The van der Waals surface area contributed by atoms with E-state index in [0.717, 1.165) is 71.4 Å². The highest BCUT2D eigenvalue weighted by molar-refractivity contribution is 5.59. The minimum Gasteiger partial charge on any atom is -1.00 e. The van der Waals surface area contributed by atoms with Gasteiger partial charge in [-0.2, -0.15) is 0 Å². The zero-order valence-electron chi connectivity index (χ0n) is 23.5.